The van der Waals surface area contributed by atoms with Crippen molar-refractivity contribution in [3.8, 4) is 0 Å². The number of nitrogens with two attached hydrogens (primary N) is 1. The van der Waals surface area contributed by atoms with E-state index in [9.17, 15) is 33.8 Å². The Bertz CT molecular complexity index is 2310. The summed E-state index contributed by atoms with van der Waals surface area (Å²) in [6.07, 6.45) is 0.612. The van der Waals surface area contributed by atoms with Crippen molar-refractivity contribution in [1.82, 2.24) is 30.5 Å². The van der Waals surface area contributed by atoms with E-state index in [1.165, 1.54) is 37.2 Å². The van der Waals surface area contributed by atoms with Crippen molar-refractivity contribution in [1.29, 1.82) is 0 Å². The molecule has 0 radical (unpaired) electrons. The monoisotopic (exact) mass is 824 g/mol. The van der Waals surface area contributed by atoms with Crippen molar-refractivity contribution < 1.29 is 38.6 Å². The predicted molar refractivity (Wildman–Crippen MR) is 214 cm³/mol. The minimum Gasteiger partial charge on any atom is -0.478 e. The molecule has 18 heteroatoms. The van der Waals surface area contributed by atoms with Crippen molar-refractivity contribution in [2.24, 2.45) is 5.16 Å². The number of carbonyl (C=O) groups excluding carboxylic acids is 2. The van der Waals surface area contributed by atoms with E-state index in [1.54, 1.807) is 0 Å². The molecule has 4 heterocycles. The number of anilines is 1. The van der Waals surface area contributed by atoms with Gasteiger partial charge in [0.1, 0.15) is 22.8 Å². The number of carboxylic acid groups (broad SMARTS) is 2. The fourth-order valence-corrected chi connectivity index (χ4v) is 9.00. The SMILES string of the molecule is CC(C)(O/N=C(\C(=O)NC1C(=O)N2C(C(=O)O)=C(CNC(c3cnc(F)[nH]3)C(c3ccccc3)(c3ccccc3)c3ccccc3)CS[C@@H]12)c1csc(N)n1)C(=O)O. The van der Waals surface area contributed by atoms with E-state index in [0.29, 0.717) is 11.3 Å². The molecule has 3 atom stereocenters. The third-order valence-electron chi connectivity index (χ3n) is 9.91. The predicted octanol–water partition coefficient (Wildman–Crippen LogP) is 4.28. The number of fused-ring (bicyclic) bond motifs is 1. The van der Waals surface area contributed by atoms with Crippen LogP contribution in [0.1, 0.15) is 48.0 Å². The number of aromatic amines is 1. The molecule has 5 aromatic rings. The molecule has 0 spiro atoms. The molecule has 2 aliphatic heterocycles. The summed E-state index contributed by atoms with van der Waals surface area (Å²) in [5.41, 5.74) is 5.62. The molecule has 58 heavy (non-hydrogen) atoms. The Morgan fingerprint density at radius 1 is 1.02 bits per heavy atom. The van der Waals surface area contributed by atoms with Gasteiger partial charge in [-0.1, -0.05) is 96.2 Å². The lowest BCUT2D eigenvalue weighted by atomic mass is 9.64. The van der Waals surface area contributed by atoms with E-state index in [0.717, 1.165) is 32.9 Å². The maximum atomic E-state index is 14.8. The molecule has 2 aliphatic rings. The Labute approximate surface area is 339 Å². The van der Waals surface area contributed by atoms with Crippen molar-refractivity contribution in [2.45, 2.75) is 42.3 Å². The Kier molecular flexibility index (Phi) is 11.2. The zero-order valence-electron chi connectivity index (χ0n) is 31.0. The second-order valence-corrected chi connectivity index (χ2v) is 15.9. The van der Waals surface area contributed by atoms with E-state index in [-0.39, 0.29) is 28.8 Å². The van der Waals surface area contributed by atoms with Gasteiger partial charge in [-0.2, -0.15) is 4.39 Å². The van der Waals surface area contributed by atoms with Crippen LogP contribution in [0.5, 0.6) is 0 Å². The number of rotatable bonds is 15. The molecular formula is C40H37FN8O7S2. The third-order valence-corrected chi connectivity index (χ3v) is 11.9. The van der Waals surface area contributed by atoms with Gasteiger partial charge in [0.2, 0.25) is 5.60 Å². The number of aromatic nitrogens is 3. The summed E-state index contributed by atoms with van der Waals surface area (Å²) in [4.78, 5) is 69.1. The fourth-order valence-electron chi connectivity index (χ4n) is 7.11. The summed E-state index contributed by atoms with van der Waals surface area (Å²) in [6.45, 7) is 2.44. The molecular weight excluding hydrogens is 788 g/mol. The maximum absolute atomic E-state index is 14.8. The van der Waals surface area contributed by atoms with Crippen molar-refractivity contribution in [3.63, 3.8) is 0 Å². The van der Waals surface area contributed by atoms with Crippen LogP contribution in [-0.4, -0.2) is 88.8 Å². The van der Waals surface area contributed by atoms with E-state index in [4.69, 9.17) is 10.6 Å². The number of nitrogen functional groups attached to an aromatic ring is 1. The second-order valence-electron chi connectivity index (χ2n) is 13.9. The van der Waals surface area contributed by atoms with Gasteiger partial charge in [0.05, 0.1) is 23.3 Å². The molecule has 0 aliphatic carbocycles. The summed E-state index contributed by atoms with van der Waals surface area (Å²) in [7, 11) is 0. The average Bonchev–Trinajstić information content (AvgIpc) is 3.86. The number of nitrogens with one attached hydrogen (secondary N) is 3. The fraction of sp³-hybridized carbons (Fsp3) is 0.225. The molecule has 2 unspecified atom stereocenters. The minimum atomic E-state index is -1.81. The molecule has 0 saturated carbocycles. The Morgan fingerprint density at radius 2 is 1.60 bits per heavy atom. The molecule has 2 amide bonds. The molecule has 1 fully saturated rings. The standard InChI is InChI=1S/C40H37FN8O7S2/c1-39(2,36(54)55)56-48-28(27-21-58-38(42)46-27)32(50)47-29-33(51)49-30(35(52)53)22(20-57-34(29)49)18-43-31(26-19-44-37(41)45-26)40(23-12-6-3-7-13-23,24-14-8-4-9-15-24)25-16-10-5-11-17-25/h3-17,19,21,29,31,34,43H,18,20H2,1-2H3,(H2,42,46)(H,44,45)(H,47,50)(H,52,53)(H,54,55)/b48-28-/t29?,31?,34-/m0/s1. The van der Waals surface area contributed by atoms with Crippen LogP contribution in [-0.2, 0) is 29.4 Å². The van der Waals surface area contributed by atoms with Crippen molar-refractivity contribution >= 4 is 57.7 Å². The summed E-state index contributed by atoms with van der Waals surface area (Å²) in [5.74, 6) is -4.15. The number of oxime groups is 1. The van der Waals surface area contributed by atoms with Crippen LogP contribution >= 0.6 is 23.1 Å². The highest BCUT2D eigenvalue weighted by Crippen LogP contribution is 2.49. The van der Waals surface area contributed by atoms with Gasteiger partial charge < -0.3 is 36.4 Å². The molecule has 2 aromatic heterocycles. The quantitative estimate of drug-likeness (QED) is 0.0377. The number of amides is 2. The third kappa shape index (κ3) is 7.44. The summed E-state index contributed by atoms with van der Waals surface area (Å²) >= 11 is 2.25. The number of imidazole rings is 1. The number of halogens is 1. The lowest BCUT2D eigenvalue weighted by molar-refractivity contribution is -0.161. The van der Waals surface area contributed by atoms with Gasteiger partial charge in [0.15, 0.2) is 10.8 Å². The number of H-pyrrole nitrogens is 1. The van der Waals surface area contributed by atoms with E-state index >= 15 is 0 Å². The average molecular weight is 825 g/mol. The van der Waals surface area contributed by atoms with Crippen molar-refractivity contribution in [3.05, 3.63) is 148 Å². The number of carbonyl (C=O) groups is 4. The highest BCUT2D eigenvalue weighted by atomic mass is 32.2. The summed E-state index contributed by atoms with van der Waals surface area (Å²) < 4.78 is 14.8. The van der Waals surface area contributed by atoms with Crippen LogP contribution in [0.4, 0.5) is 9.52 Å². The number of carboxylic acids is 2. The van der Waals surface area contributed by atoms with Gasteiger partial charge in [0, 0.05) is 17.7 Å². The Hall–Kier alpha value is -6.37. The smallest absolute Gasteiger partial charge is 0.352 e. The first-order valence-corrected chi connectivity index (χ1v) is 19.8. The van der Waals surface area contributed by atoms with Crippen LogP contribution in [0.3, 0.4) is 0 Å². The lowest BCUT2D eigenvalue weighted by Crippen LogP contribution is -2.71. The molecule has 298 valence electrons. The number of nitrogens with zero attached hydrogens (tertiary/aromatic N) is 4. The Morgan fingerprint density at radius 3 is 2.09 bits per heavy atom. The lowest BCUT2D eigenvalue weighted by Gasteiger charge is -2.49. The number of β-lactam (4-membered cyclic amide) rings is 1. The van der Waals surface area contributed by atoms with Crippen LogP contribution in [0.15, 0.2) is 119 Å². The van der Waals surface area contributed by atoms with Gasteiger partial charge in [-0.3, -0.25) is 14.5 Å². The van der Waals surface area contributed by atoms with Gasteiger partial charge in [0.25, 0.3) is 17.9 Å². The van der Waals surface area contributed by atoms with Crippen molar-refractivity contribution in [2.75, 3.05) is 18.0 Å². The number of thioether (sulfide) groups is 1. The summed E-state index contributed by atoms with van der Waals surface area (Å²) in [6, 6.07) is 27.2. The van der Waals surface area contributed by atoms with Gasteiger partial charge in [-0.15, -0.1) is 23.1 Å². The number of hydrogen-bond acceptors (Lipinski definition) is 12. The van der Waals surface area contributed by atoms with Gasteiger partial charge in [-0.05, 0) is 36.1 Å². The van der Waals surface area contributed by atoms with E-state index in [2.05, 4.69) is 30.7 Å². The maximum Gasteiger partial charge on any atom is 0.352 e. The van der Waals surface area contributed by atoms with E-state index in [1.807, 2.05) is 91.0 Å². The van der Waals surface area contributed by atoms with E-state index < -0.39 is 64.0 Å². The van der Waals surface area contributed by atoms with Crippen LogP contribution in [0, 0.1) is 6.08 Å². The Balaban J connectivity index is 1.22. The minimum absolute atomic E-state index is 0.00937. The molecule has 15 nitrogen and oxygen atoms in total. The first-order valence-electron chi connectivity index (χ1n) is 17.8. The van der Waals surface area contributed by atoms with Crippen LogP contribution in [0.25, 0.3) is 0 Å². The molecule has 7 rings (SSSR count). The highest BCUT2D eigenvalue weighted by molar-refractivity contribution is 8.00. The normalized spacial score (nSPS) is 17.6. The first kappa shape index (κ1) is 39.8. The number of aliphatic carboxylic acids is 2. The second kappa shape index (κ2) is 16.2. The zero-order valence-corrected chi connectivity index (χ0v) is 32.6. The highest BCUT2D eigenvalue weighted by Gasteiger charge is 2.55. The van der Waals surface area contributed by atoms with Gasteiger partial charge >= 0.3 is 11.9 Å². The molecule has 3 aromatic carbocycles. The molecule has 0 bridgehead atoms. The largest absolute Gasteiger partial charge is 0.478 e. The van der Waals surface area contributed by atoms with Crippen LogP contribution < -0.4 is 16.4 Å². The number of thiazole rings is 1. The first-order chi connectivity index (χ1) is 27.8. The number of benzene rings is 3. The topological polar surface area (TPSA) is 225 Å². The van der Waals surface area contributed by atoms with Crippen LogP contribution in [0.2, 0.25) is 0 Å². The zero-order chi connectivity index (χ0) is 41.2. The summed E-state index contributed by atoms with van der Waals surface area (Å²) in [5, 5.41) is 30.7. The molecule has 7 N–H and O–H groups in total. The number of hydrogen-bond donors (Lipinski definition) is 6. The van der Waals surface area contributed by atoms with Gasteiger partial charge in [-0.25, -0.2) is 19.6 Å². The molecule has 1 saturated heterocycles.